The van der Waals surface area contributed by atoms with Gasteiger partial charge in [0, 0.05) is 26.7 Å². The molecule has 0 radical (unpaired) electrons. The predicted molar refractivity (Wildman–Crippen MR) is 129 cm³/mol. The van der Waals surface area contributed by atoms with Crippen LogP contribution < -0.4 is 20.9 Å². The summed E-state index contributed by atoms with van der Waals surface area (Å²) in [6.07, 6.45) is 4.58. The van der Waals surface area contributed by atoms with Gasteiger partial charge in [-0.05, 0) is 24.1 Å². The van der Waals surface area contributed by atoms with Crippen LogP contribution in [0.2, 0.25) is 0 Å². The molecule has 0 bridgehead atoms. The first-order valence-electron chi connectivity index (χ1n) is 10.9. The predicted octanol–water partition coefficient (Wildman–Crippen LogP) is 3.16. The van der Waals surface area contributed by atoms with Crippen LogP contribution in [-0.4, -0.2) is 32.3 Å². The summed E-state index contributed by atoms with van der Waals surface area (Å²) >= 11 is 0. The molecular formula is C25H25N5O3. The Morgan fingerprint density at radius 1 is 1.03 bits per heavy atom. The van der Waals surface area contributed by atoms with Crippen LogP contribution in [-0.2, 0) is 20.1 Å². The number of methoxy groups -OCH3 is 1. The van der Waals surface area contributed by atoms with Crippen LogP contribution in [0, 0.1) is 0 Å². The molecule has 0 atom stereocenters. The van der Waals surface area contributed by atoms with Gasteiger partial charge in [-0.25, -0.2) is 4.79 Å². The Bertz CT molecular complexity index is 1460. The molecule has 0 saturated carbocycles. The van der Waals surface area contributed by atoms with Crippen LogP contribution >= 0.6 is 0 Å². The zero-order valence-corrected chi connectivity index (χ0v) is 18.6. The van der Waals surface area contributed by atoms with E-state index in [-0.39, 0.29) is 17.8 Å². The third-order valence-corrected chi connectivity index (χ3v) is 5.99. The molecule has 0 spiro atoms. The molecule has 2 aromatic heterocycles. The minimum absolute atomic E-state index is 0.188. The van der Waals surface area contributed by atoms with Gasteiger partial charge < -0.3 is 14.2 Å². The molecule has 0 fully saturated rings. The first-order valence-corrected chi connectivity index (χ1v) is 10.9. The summed E-state index contributed by atoms with van der Waals surface area (Å²) in [5, 5.41) is 0. The van der Waals surface area contributed by atoms with Gasteiger partial charge in [0.15, 0.2) is 11.2 Å². The van der Waals surface area contributed by atoms with Gasteiger partial charge in [-0.3, -0.25) is 13.9 Å². The molecule has 8 nitrogen and oxygen atoms in total. The molecule has 0 N–H and O–H groups in total. The van der Waals surface area contributed by atoms with Crippen LogP contribution in [0.1, 0.15) is 12.0 Å². The smallest absolute Gasteiger partial charge is 0.332 e. The largest absolute Gasteiger partial charge is 0.495 e. The maximum absolute atomic E-state index is 13.5. The van der Waals surface area contributed by atoms with E-state index in [1.54, 1.807) is 14.2 Å². The topological polar surface area (TPSA) is 74.3 Å². The molecule has 33 heavy (non-hydrogen) atoms. The summed E-state index contributed by atoms with van der Waals surface area (Å²) in [5.74, 6) is 1.38. The lowest BCUT2D eigenvalue weighted by Crippen LogP contribution is -2.39. The third-order valence-electron chi connectivity index (χ3n) is 5.99. The molecule has 0 saturated heterocycles. The number of nitrogens with zero attached hydrogens (tertiary/aromatic N) is 5. The number of hydrogen-bond acceptors (Lipinski definition) is 5. The zero-order valence-electron chi connectivity index (χ0n) is 18.6. The van der Waals surface area contributed by atoms with Crippen molar-refractivity contribution in [3.8, 4) is 5.75 Å². The standard InChI is InChI=1S/C25H25N5O3/c1-27-22-21(23(31)30(25(27)32)15-8-12-18-10-4-3-5-11-18)29-17-9-16-28(24(29)26-22)19-13-6-7-14-20(19)33-2/h3-8,10-14H,9,15-17H2,1-2H3/b12-8+. The first kappa shape index (κ1) is 20.8. The summed E-state index contributed by atoms with van der Waals surface area (Å²) in [6.45, 7) is 1.59. The fourth-order valence-electron chi connectivity index (χ4n) is 4.37. The SMILES string of the molecule is COc1ccccc1N1CCCn2c1nc1c2c(=O)n(C/C=C/c2ccccc2)c(=O)n1C. The number of aryl methyl sites for hydroxylation is 2. The van der Waals surface area contributed by atoms with Crippen LogP contribution in [0.15, 0.2) is 70.3 Å². The Hall–Kier alpha value is -4.07. The van der Waals surface area contributed by atoms with Crippen LogP contribution in [0.25, 0.3) is 17.2 Å². The minimum Gasteiger partial charge on any atom is -0.495 e. The molecule has 3 heterocycles. The van der Waals surface area contributed by atoms with E-state index < -0.39 is 0 Å². The summed E-state index contributed by atoms with van der Waals surface area (Å²) < 4.78 is 10.2. The van der Waals surface area contributed by atoms with Crippen molar-refractivity contribution in [3.63, 3.8) is 0 Å². The van der Waals surface area contributed by atoms with Crippen LogP contribution in [0.4, 0.5) is 11.6 Å². The highest BCUT2D eigenvalue weighted by Crippen LogP contribution is 2.36. The zero-order chi connectivity index (χ0) is 22.9. The Morgan fingerprint density at radius 3 is 2.58 bits per heavy atom. The fourth-order valence-corrected chi connectivity index (χ4v) is 4.37. The van der Waals surface area contributed by atoms with Gasteiger partial charge >= 0.3 is 5.69 Å². The van der Waals surface area contributed by atoms with Crippen molar-refractivity contribution in [2.45, 2.75) is 19.5 Å². The van der Waals surface area contributed by atoms with Gasteiger partial charge in [0.2, 0.25) is 5.95 Å². The Balaban J connectivity index is 1.62. The van der Waals surface area contributed by atoms with Crippen molar-refractivity contribution < 1.29 is 4.74 Å². The highest BCUT2D eigenvalue weighted by Gasteiger charge is 2.28. The quantitative estimate of drug-likeness (QED) is 0.474. The van der Waals surface area contributed by atoms with Crippen molar-refractivity contribution >= 4 is 28.9 Å². The van der Waals surface area contributed by atoms with E-state index >= 15 is 0 Å². The van der Waals surface area contributed by atoms with E-state index in [2.05, 4.69) is 0 Å². The molecule has 168 valence electrons. The first-order chi connectivity index (χ1) is 16.1. The highest BCUT2D eigenvalue weighted by molar-refractivity contribution is 5.78. The van der Waals surface area contributed by atoms with Gasteiger partial charge in [-0.15, -0.1) is 0 Å². The number of rotatable bonds is 5. The summed E-state index contributed by atoms with van der Waals surface area (Å²) in [5.41, 5.74) is 2.02. The number of fused-ring (bicyclic) bond motifs is 3. The van der Waals surface area contributed by atoms with E-state index in [4.69, 9.17) is 9.72 Å². The molecule has 4 aromatic rings. The van der Waals surface area contributed by atoms with Gasteiger partial charge in [0.05, 0.1) is 12.8 Å². The lowest BCUT2D eigenvalue weighted by Gasteiger charge is -2.30. The molecule has 5 rings (SSSR count). The molecule has 1 aliphatic rings. The number of imidazole rings is 1. The monoisotopic (exact) mass is 443 g/mol. The molecule has 1 aliphatic heterocycles. The Morgan fingerprint density at radius 2 is 1.79 bits per heavy atom. The Labute approximate surface area is 190 Å². The molecule has 0 unspecified atom stereocenters. The van der Waals surface area contributed by atoms with E-state index in [1.807, 2.05) is 76.2 Å². The number of ether oxygens (including phenoxy) is 1. The fraction of sp³-hybridized carbons (Fsp3) is 0.240. The van der Waals surface area contributed by atoms with Gasteiger partial charge in [0.25, 0.3) is 5.56 Å². The summed E-state index contributed by atoms with van der Waals surface area (Å²) in [6, 6.07) is 17.5. The van der Waals surface area contributed by atoms with Crippen molar-refractivity contribution in [3.05, 3.63) is 87.1 Å². The normalized spacial score (nSPS) is 13.6. The number of benzene rings is 2. The van der Waals surface area contributed by atoms with Gasteiger partial charge in [-0.1, -0.05) is 54.6 Å². The van der Waals surface area contributed by atoms with E-state index in [0.717, 1.165) is 30.0 Å². The second-order valence-corrected chi connectivity index (χ2v) is 7.98. The van der Waals surface area contributed by atoms with E-state index in [9.17, 15) is 9.59 Å². The maximum atomic E-state index is 13.5. The van der Waals surface area contributed by atoms with Gasteiger partial charge in [0.1, 0.15) is 5.75 Å². The number of aromatic nitrogens is 4. The third kappa shape index (κ3) is 3.53. The second-order valence-electron chi connectivity index (χ2n) is 7.98. The molecule has 0 aliphatic carbocycles. The van der Waals surface area contributed by atoms with Crippen molar-refractivity contribution in [2.24, 2.45) is 7.05 Å². The van der Waals surface area contributed by atoms with E-state index in [1.165, 1.54) is 9.13 Å². The molecular weight excluding hydrogens is 418 g/mol. The highest BCUT2D eigenvalue weighted by atomic mass is 16.5. The number of anilines is 2. The average Bonchev–Trinajstić information content (AvgIpc) is 3.25. The molecule has 8 heteroatoms. The minimum atomic E-state index is -0.385. The summed E-state index contributed by atoms with van der Waals surface area (Å²) in [7, 11) is 3.30. The number of allylic oxidation sites excluding steroid dienone is 1. The van der Waals surface area contributed by atoms with E-state index in [0.29, 0.717) is 23.7 Å². The van der Waals surface area contributed by atoms with Crippen molar-refractivity contribution in [2.75, 3.05) is 18.6 Å². The maximum Gasteiger partial charge on any atom is 0.332 e. The molecule has 2 aromatic carbocycles. The summed E-state index contributed by atoms with van der Waals surface area (Å²) in [4.78, 5) is 33.3. The van der Waals surface area contributed by atoms with Crippen LogP contribution in [0.3, 0.4) is 0 Å². The van der Waals surface area contributed by atoms with Crippen molar-refractivity contribution in [1.29, 1.82) is 0 Å². The lowest BCUT2D eigenvalue weighted by atomic mass is 10.2. The average molecular weight is 444 g/mol. The Kier molecular flexibility index (Phi) is 5.34. The second kappa shape index (κ2) is 8.46. The van der Waals surface area contributed by atoms with Crippen molar-refractivity contribution in [1.82, 2.24) is 18.7 Å². The lowest BCUT2D eigenvalue weighted by molar-refractivity contribution is 0.414. The van der Waals surface area contributed by atoms with Crippen LogP contribution in [0.5, 0.6) is 5.75 Å². The van der Waals surface area contributed by atoms with Gasteiger partial charge in [-0.2, -0.15) is 4.98 Å². The molecule has 0 amide bonds. The number of para-hydroxylation sites is 2. The number of hydrogen-bond donors (Lipinski definition) is 0.